The average Bonchev–Trinajstić information content (AvgIpc) is 3.06. The Morgan fingerprint density at radius 2 is 1.97 bits per heavy atom. The number of anilines is 1. The van der Waals surface area contributed by atoms with Gasteiger partial charge in [-0.3, -0.25) is 4.90 Å². The second kappa shape index (κ2) is 8.82. The lowest BCUT2D eigenvalue weighted by Crippen LogP contribution is -2.74. The third-order valence-electron chi connectivity index (χ3n) is 9.15. The van der Waals surface area contributed by atoms with Crippen molar-refractivity contribution >= 4 is 21.6 Å². The Kier molecular flexibility index (Phi) is 6.15. The lowest BCUT2D eigenvalue weighted by Gasteiger charge is -2.62. The normalized spacial score (nSPS) is 45.5. The maximum absolute atomic E-state index is 10.5. The molecule has 0 radical (unpaired) electrons. The van der Waals surface area contributed by atoms with Crippen LogP contribution in [0.25, 0.3) is 0 Å². The van der Waals surface area contributed by atoms with Crippen LogP contribution in [0.15, 0.2) is 18.2 Å². The van der Waals surface area contributed by atoms with Crippen LogP contribution in [0.4, 0.5) is 5.69 Å². The Morgan fingerprint density at radius 1 is 1.17 bits per heavy atom. The molecular formula is C26H38BrN3O5. The SMILES string of the molecule is C[C@@H]1CC[C@@H]2[C@]34OO[C@](C)(CC[C@@H]13)O[C@H]4OC(Nc1ccc(O)c(CN3CCNCC3)c1)[C@@]2(C)Br. The predicted molar refractivity (Wildman–Crippen MR) is 135 cm³/mol. The van der Waals surface area contributed by atoms with E-state index < -0.39 is 22.0 Å². The number of fused-ring (bicyclic) bond motifs is 2. The fraction of sp³-hybridized carbons (Fsp3) is 0.769. The van der Waals surface area contributed by atoms with Crippen LogP contribution < -0.4 is 10.6 Å². The van der Waals surface area contributed by atoms with Crippen molar-refractivity contribution in [3.05, 3.63) is 23.8 Å². The lowest BCUT2D eigenvalue weighted by atomic mass is 9.58. The Labute approximate surface area is 216 Å². The Hall–Kier alpha value is -0.940. The van der Waals surface area contributed by atoms with Crippen LogP contribution in [0, 0.1) is 17.8 Å². The molecule has 5 aliphatic heterocycles. The number of piperazine rings is 1. The molecule has 194 valence electrons. The van der Waals surface area contributed by atoms with Crippen LogP contribution in [0.1, 0.15) is 52.0 Å². The number of phenols is 1. The Balaban J connectivity index is 1.28. The van der Waals surface area contributed by atoms with Gasteiger partial charge >= 0.3 is 0 Å². The first-order chi connectivity index (χ1) is 16.7. The summed E-state index contributed by atoms with van der Waals surface area (Å²) in [6.45, 7) is 11.1. The van der Waals surface area contributed by atoms with Crippen LogP contribution in [-0.2, 0) is 25.8 Å². The zero-order valence-electron chi connectivity index (χ0n) is 20.9. The van der Waals surface area contributed by atoms with Crippen molar-refractivity contribution in [2.24, 2.45) is 17.8 Å². The average molecular weight is 553 g/mol. The summed E-state index contributed by atoms with van der Waals surface area (Å²) in [5.74, 6) is 0.505. The topological polar surface area (TPSA) is 84.5 Å². The number of hydrogen-bond donors (Lipinski definition) is 3. The summed E-state index contributed by atoms with van der Waals surface area (Å²) >= 11 is 4.09. The van der Waals surface area contributed by atoms with Crippen LogP contribution in [0.5, 0.6) is 5.75 Å². The van der Waals surface area contributed by atoms with Crippen LogP contribution >= 0.6 is 15.9 Å². The van der Waals surface area contributed by atoms with Gasteiger partial charge in [-0.05, 0) is 63.1 Å². The first-order valence-corrected chi connectivity index (χ1v) is 13.9. The monoisotopic (exact) mass is 551 g/mol. The molecule has 3 N–H and O–H groups in total. The van der Waals surface area contributed by atoms with Gasteiger partial charge < -0.3 is 25.2 Å². The Bertz CT molecular complexity index is 959. The molecule has 1 unspecified atom stereocenters. The van der Waals surface area contributed by atoms with Crippen molar-refractivity contribution in [2.45, 2.75) is 81.2 Å². The maximum Gasteiger partial charge on any atom is 0.201 e. The highest BCUT2D eigenvalue weighted by atomic mass is 79.9. The Morgan fingerprint density at radius 3 is 2.77 bits per heavy atom. The summed E-state index contributed by atoms with van der Waals surface area (Å²) in [7, 11) is 0. The number of benzene rings is 1. The largest absolute Gasteiger partial charge is 0.508 e. The fourth-order valence-electron chi connectivity index (χ4n) is 7.12. The van der Waals surface area contributed by atoms with E-state index in [0.29, 0.717) is 17.6 Å². The summed E-state index contributed by atoms with van der Waals surface area (Å²) in [6, 6.07) is 5.73. The van der Waals surface area contributed by atoms with E-state index in [1.165, 1.54) is 0 Å². The number of phenolic OH excluding ortho intramolecular Hbond substituents is 1. The van der Waals surface area contributed by atoms with Crippen LogP contribution in [0.3, 0.4) is 0 Å². The summed E-state index contributed by atoms with van der Waals surface area (Å²) in [5.41, 5.74) is 1.20. The lowest BCUT2D eigenvalue weighted by molar-refractivity contribution is -0.568. The molecule has 5 saturated heterocycles. The molecule has 5 heterocycles. The number of aromatic hydroxyl groups is 1. The molecule has 1 aromatic carbocycles. The number of nitrogens with zero attached hydrogens (tertiary/aromatic N) is 1. The van der Waals surface area contributed by atoms with Crippen molar-refractivity contribution in [3.63, 3.8) is 0 Å². The van der Waals surface area contributed by atoms with E-state index in [1.54, 1.807) is 6.07 Å². The van der Waals surface area contributed by atoms with Gasteiger partial charge in [-0.1, -0.05) is 22.9 Å². The number of alkyl halides is 1. The molecule has 0 amide bonds. The van der Waals surface area contributed by atoms with Crippen molar-refractivity contribution in [1.82, 2.24) is 10.2 Å². The highest BCUT2D eigenvalue weighted by Crippen LogP contribution is 2.63. The molecule has 0 aromatic heterocycles. The van der Waals surface area contributed by atoms with Gasteiger partial charge in [0.2, 0.25) is 5.79 Å². The molecule has 1 saturated carbocycles. The molecule has 7 rings (SSSR count). The summed E-state index contributed by atoms with van der Waals surface area (Å²) in [4.78, 5) is 14.6. The van der Waals surface area contributed by atoms with Gasteiger partial charge in [0.25, 0.3) is 0 Å². The molecule has 35 heavy (non-hydrogen) atoms. The minimum atomic E-state index is -0.795. The van der Waals surface area contributed by atoms with Gasteiger partial charge in [0.15, 0.2) is 11.9 Å². The van der Waals surface area contributed by atoms with E-state index in [1.807, 2.05) is 19.1 Å². The zero-order chi connectivity index (χ0) is 24.4. The van der Waals surface area contributed by atoms with Crippen molar-refractivity contribution in [3.8, 4) is 5.75 Å². The molecule has 8 atom stereocenters. The minimum absolute atomic E-state index is 0.146. The summed E-state index contributed by atoms with van der Waals surface area (Å²) in [5, 5.41) is 17.5. The molecule has 8 nitrogen and oxygen atoms in total. The van der Waals surface area contributed by atoms with Crippen molar-refractivity contribution in [2.75, 3.05) is 31.5 Å². The van der Waals surface area contributed by atoms with E-state index in [0.717, 1.165) is 69.7 Å². The van der Waals surface area contributed by atoms with Gasteiger partial charge in [0.1, 0.15) is 12.0 Å². The summed E-state index contributed by atoms with van der Waals surface area (Å²) < 4.78 is 12.8. The molecule has 6 fully saturated rings. The predicted octanol–water partition coefficient (Wildman–Crippen LogP) is 3.93. The van der Waals surface area contributed by atoms with Gasteiger partial charge in [-0.15, -0.1) is 0 Å². The van der Waals surface area contributed by atoms with Gasteiger partial charge in [-0.2, -0.15) is 0 Å². The van der Waals surface area contributed by atoms with Gasteiger partial charge in [0.05, 0.1) is 4.32 Å². The molecule has 1 aliphatic carbocycles. The quantitative estimate of drug-likeness (QED) is 0.295. The number of ether oxygens (including phenoxy) is 2. The maximum atomic E-state index is 10.5. The number of hydrogen-bond acceptors (Lipinski definition) is 8. The fourth-order valence-corrected chi connectivity index (χ4v) is 7.93. The van der Waals surface area contributed by atoms with Crippen molar-refractivity contribution < 1.29 is 24.4 Å². The number of halogens is 1. The second-order valence-corrected chi connectivity index (χ2v) is 13.2. The molecule has 1 spiro atoms. The molecule has 9 heteroatoms. The number of nitrogens with one attached hydrogen (secondary N) is 2. The summed E-state index contributed by atoms with van der Waals surface area (Å²) in [6.07, 6.45) is 3.09. The van der Waals surface area contributed by atoms with E-state index in [4.69, 9.17) is 19.2 Å². The second-order valence-electron chi connectivity index (χ2n) is 11.5. The van der Waals surface area contributed by atoms with Crippen LogP contribution in [0.2, 0.25) is 0 Å². The zero-order valence-corrected chi connectivity index (χ0v) is 22.5. The smallest absolute Gasteiger partial charge is 0.201 e. The van der Waals surface area contributed by atoms with Gasteiger partial charge in [0, 0.05) is 56.3 Å². The van der Waals surface area contributed by atoms with Gasteiger partial charge in [-0.25, -0.2) is 9.78 Å². The highest BCUT2D eigenvalue weighted by molar-refractivity contribution is 9.10. The van der Waals surface area contributed by atoms with Crippen molar-refractivity contribution in [1.29, 1.82) is 0 Å². The van der Waals surface area contributed by atoms with Crippen LogP contribution in [-0.4, -0.2) is 64.4 Å². The van der Waals surface area contributed by atoms with E-state index >= 15 is 0 Å². The first-order valence-electron chi connectivity index (χ1n) is 13.1. The third-order valence-corrected chi connectivity index (χ3v) is 10.1. The molecule has 6 aliphatic rings. The standard InChI is InChI=1S/C26H38BrN3O5/c1-16-4-7-21-25(3,27)22(32-23-26(21)19(16)8-9-24(2,33-23)34-35-26)29-18-5-6-20(31)17(14-18)15-30-12-10-28-11-13-30/h5-6,14,16,19,21-23,28-29,31H,4,7-13,15H2,1-3H3/t16-,19+,21+,22?,23-,24-,25+,26-/m1/s1. The third kappa shape index (κ3) is 4.02. The van der Waals surface area contributed by atoms with E-state index in [2.05, 4.69) is 45.3 Å². The molecule has 1 aromatic rings. The molecular weight excluding hydrogens is 514 g/mol. The van der Waals surface area contributed by atoms with E-state index in [9.17, 15) is 5.11 Å². The van der Waals surface area contributed by atoms with E-state index in [-0.39, 0.29) is 12.1 Å². The minimum Gasteiger partial charge on any atom is -0.508 e. The molecule has 2 bridgehead atoms. The first kappa shape index (κ1) is 24.4. The highest BCUT2D eigenvalue weighted by Gasteiger charge is 2.72. The number of rotatable bonds is 4.